The number of aromatic hydroxyl groups is 1. The minimum Gasteiger partial charge on any atom is -0.507 e. The molecule has 0 saturated heterocycles. The summed E-state index contributed by atoms with van der Waals surface area (Å²) < 4.78 is 0. The topological polar surface area (TPSA) is 37.3 Å². The van der Waals surface area contributed by atoms with Gasteiger partial charge in [-0.3, -0.25) is 4.79 Å². The Kier molecular flexibility index (Phi) is 4.79. The number of benzene rings is 1. The summed E-state index contributed by atoms with van der Waals surface area (Å²) in [5.41, 5.74) is 0.630. The van der Waals surface area contributed by atoms with Crippen molar-refractivity contribution in [2.45, 2.75) is 13.3 Å². The third-order valence-electron chi connectivity index (χ3n) is 1.66. The summed E-state index contributed by atoms with van der Waals surface area (Å²) in [4.78, 5) is 10.6. The van der Waals surface area contributed by atoms with Crippen LogP contribution in [-0.2, 0) is 4.79 Å². The number of hydrogen-bond acceptors (Lipinski definition) is 3. The molecule has 1 rings (SSSR count). The highest BCUT2D eigenvalue weighted by atomic mass is 32.2. The van der Waals surface area contributed by atoms with Crippen LogP contribution in [0.5, 0.6) is 5.75 Å². The SMILES string of the molecule is CC(=O)SCCC#Cc1ccccc1O. The first kappa shape index (κ1) is 11.7. The lowest BCUT2D eigenvalue weighted by molar-refractivity contribution is -0.109. The summed E-state index contributed by atoms with van der Waals surface area (Å²) >= 11 is 1.27. The maximum absolute atomic E-state index is 10.6. The van der Waals surface area contributed by atoms with Gasteiger partial charge in [0.1, 0.15) is 5.75 Å². The number of hydrogen-bond donors (Lipinski definition) is 1. The normalized spacial score (nSPS) is 9.13. The first-order valence-corrected chi connectivity index (χ1v) is 5.59. The zero-order valence-corrected chi connectivity index (χ0v) is 9.30. The third-order valence-corrected chi connectivity index (χ3v) is 2.47. The van der Waals surface area contributed by atoms with Crippen molar-refractivity contribution in [1.29, 1.82) is 0 Å². The van der Waals surface area contributed by atoms with E-state index in [0.717, 1.165) is 0 Å². The third kappa shape index (κ3) is 4.57. The number of carbonyl (C=O) groups excluding carboxylic acids is 1. The highest BCUT2D eigenvalue weighted by molar-refractivity contribution is 8.13. The zero-order valence-electron chi connectivity index (χ0n) is 8.49. The van der Waals surface area contributed by atoms with Gasteiger partial charge in [-0.1, -0.05) is 35.7 Å². The van der Waals surface area contributed by atoms with Gasteiger partial charge in [-0.05, 0) is 12.1 Å². The van der Waals surface area contributed by atoms with E-state index in [1.165, 1.54) is 11.8 Å². The first-order valence-electron chi connectivity index (χ1n) is 4.60. The Morgan fingerprint density at radius 1 is 1.47 bits per heavy atom. The van der Waals surface area contributed by atoms with Crippen molar-refractivity contribution in [3.05, 3.63) is 29.8 Å². The molecule has 78 valence electrons. The maximum atomic E-state index is 10.6. The number of carbonyl (C=O) groups is 1. The van der Waals surface area contributed by atoms with Crippen LogP contribution in [0, 0.1) is 11.8 Å². The molecular weight excluding hydrogens is 208 g/mol. The van der Waals surface area contributed by atoms with Crippen molar-refractivity contribution in [2.75, 3.05) is 5.75 Å². The van der Waals surface area contributed by atoms with Gasteiger partial charge in [0.25, 0.3) is 0 Å². The van der Waals surface area contributed by atoms with Gasteiger partial charge in [0.15, 0.2) is 5.12 Å². The van der Waals surface area contributed by atoms with Crippen LogP contribution in [0.25, 0.3) is 0 Å². The molecule has 0 atom stereocenters. The molecule has 1 aromatic rings. The van der Waals surface area contributed by atoms with Crippen LogP contribution in [0.2, 0.25) is 0 Å². The maximum Gasteiger partial charge on any atom is 0.185 e. The molecule has 0 aromatic heterocycles. The highest BCUT2D eigenvalue weighted by Gasteiger charge is 1.93. The van der Waals surface area contributed by atoms with Gasteiger partial charge >= 0.3 is 0 Å². The fourth-order valence-corrected chi connectivity index (χ4v) is 1.47. The lowest BCUT2D eigenvalue weighted by Gasteiger charge is -1.93. The van der Waals surface area contributed by atoms with Crippen molar-refractivity contribution in [3.8, 4) is 17.6 Å². The minimum atomic E-state index is 0.111. The molecule has 0 aliphatic rings. The van der Waals surface area contributed by atoms with Crippen molar-refractivity contribution < 1.29 is 9.90 Å². The second-order valence-electron chi connectivity index (χ2n) is 2.91. The Labute approximate surface area is 93.7 Å². The molecule has 0 amide bonds. The number of phenols is 1. The van der Waals surface area contributed by atoms with E-state index >= 15 is 0 Å². The van der Waals surface area contributed by atoms with E-state index in [1.807, 2.05) is 6.07 Å². The van der Waals surface area contributed by atoms with Gasteiger partial charge in [0.2, 0.25) is 0 Å². The van der Waals surface area contributed by atoms with Crippen LogP contribution in [0.4, 0.5) is 0 Å². The molecule has 15 heavy (non-hydrogen) atoms. The van der Waals surface area contributed by atoms with Gasteiger partial charge < -0.3 is 5.11 Å². The molecule has 0 saturated carbocycles. The van der Waals surface area contributed by atoms with Gasteiger partial charge in [-0.2, -0.15) is 0 Å². The van der Waals surface area contributed by atoms with Crippen molar-refractivity contribution in [1.82, 2.24) is 0 Å². The Morgan fingerprint density at radius 3 is 2.87 bits per heavy atom. The Morgan fingerprint density at radius 2 is 2.20 bits per heavy atom. The number of thioether (sulfide) groups is 1. The summed E-state index contributed by atoms with van der Waals surface area (Å²) in [5, 5.41) is 9.50. The van der Waals surface area contributed by atoms with Crippen LogP contribution in [0.1, 0.15) is 18.9 Å². The van der Waals surface area contributed by atoms with Crippen LogP contribution in [-0.4, -0.2) is 16.0 Å². The first-order chi connectivity index (χ1) is 7.20. The van der Waals surface area contributed by atoms with E-state index in [-0.39, 0.29) is 10.9 Å². The smallest absolute Gasteiger partial charge is 0.185 e. The molecule has 0 spiro atoms. The molecule has 3 heteroatoms. The monoisotopic (exact) mass is 220 g/mol. The molecule has 0 bridgehead atoms. The van der Waals surface area contributed by atoms with Crippen LogP contribution >= 0.6 is 11.8 Å². The van der Waals surface area contributed by atoms with Crippen LogP contribution in [0.15, 0.2) is 24.3 Å². The van der Waals surface area contributed by atoms with E-state index < -0.39 is 0 Å². The van der Waals surface area contributed by atoms with Crippen LogP contribution in [0.3, 0.4) is 0 Å². The van der Waals surface area contributed by atoms with E-state index in [4.69, 9.17) is 0 Å². The standard InChI is InChI=1S/C12H12O2S/c1-10(13)15-9-5-4-7-11-6-2-3-8-12(11)14/h2-3,6,8,14H,5,9H2,1H3. The zero-order chi connectivity index (χ0) is 11.1. The molecule has 2 nitrogen and oxygen atoms in total. The predicted octanol–water partition coefficient (Wildman–Crippen LogP) is 2.41. The molecule has 0 radical (unpaired) electrons. The Balaban J connectivity index is 2.45. The summed E-state index contributed by atoms with van der Waals surface area (Å²) in [7, 11) is 0. The molecule has 1 aromatic carbocycles. The average molecular weight is 220 g/mol. The summed E-state index contributed by atoms with van der Waals surface area (Å²) in [6.45, 7) is 1.54. The Hall–Kier alpha value is -1.40. The van der Waals surface area contributed by atoms with E-state index in [2.05, 4.69) is 11.8 Å². The van der Waals surface area contributed by atoms with Crippen LogP contribution < -0.4 is 0 Å². The molecule has 0 unspecified atom stereocenters. The van der Waals surface area contributed by atoms with Gasteiger partial charge in [0, 0.05) is 19.1 Å². The lowest BCUT2D eigenvalue weighted by atomic mass is 10.2. The van der Waals surface area contributed by atoms with E-state index in [0.29, 0.717) is 17.7 Å². The summed E-state index contributed by atoms with van der Waals surface area (Å²) in [5.74, 6) is 6.68. The largest absolute Gasteiger partial charge is 0.507 e. The van der Waals surface area contributed by atoms with Gasteiger partial charge in [-0.25, -0.2) is 0 Å². The lowest BCUT2D eigenvalue weighted by Crippen LogP contribution is -1.84. The van der Waals surface area contributed by atoms with E-state index in [1.54, 1.807) is 25.1 Å². The second-order valence-corrected chi connectivity index (χ2v) is 4.18. The molecule has 0 aliphatic heterocycles. The molecule has 1 N–H and O–H groups in total. The fraction of sp³-hybridized carbons (Fsp3) is 0.250. The van der Waals surface area contributed by atoms with Gasteiger partial charge in [-0.15, -0.1) is 0 Å². The average Bonchev–Trinajstić information content (AvgIpc) is 2.20. The Bertz CT molecular complexity index is 402. The highest BCUT2D eigenvalue weighted by Crippen LogP contribution is 2.13. The van der Waals surface area contributed by atoms with Crippen molar-refractivity contribution in [3.63, 3.8) is 0 Å². The molecule has 0 fully saturated rings. The number of phenolic OH excluding ortho intramolecular Hbond substituents is 1. The predicted molar refractivity (Wildman–Crippen MR) is 62.7 cm³/mol. The summed E-state index contributed by atoms with van der Waals surface area (Å²) in [6, 6.07) is 6.95. The minimum absolute atomic E-state index is 0.111. The van der Waals surface area contributed by atoms with Gasteiger partial charge in [0.05, 0.1) is 5.56 Å². The molecule has 0 heterocycles. The number of para-hydroxylation sites is 1. The fourth-order valence-electron chi connectivity index (χ4n) is 0.983. The van der Waals surface area contributed by atoms with Crippen molar-refractivity contribution >= 4 is 16.9 Å². The summed E-state index contributed by atoms with van der Waals surface area (Å²) in [6.07, 6.45) is 0.651. The quantitative estimate of drug-likeness (QED) is 0.614. The number of rotatable bonds is 2. The molecule has 0 aliphatic carbocycles. The van der Waals surface area contributed by atoms with E-state index in [9.17, 15) is 9.90 Å². The second kappa shape index (κ2) is 6.15. The molecular formula is C12H12O2S. The van der Waals surface area contributed by atoms with Crippen molar-refractivity contribution in [2.24, 2.45) is 0 Å².